The van der Waals surface area contributed by atoms with Gasteiger partial charge in [0.25, 0.3) is 0 Å². The van der Waals surface area contributed by atoms with Crippen molar-refractivity contribution in [1.29, 1.82) is 0 Å². The quantitative estimate of drug-likeness (QED) is 0.707. The van der Waals surface area contributed by atoms with E-state index in [2.05, 4.69) is 13.8 Å². The molecule has 0 saturated heterocycles. The Kier molecular flexibility index (Phi) is 4.91. The minimum absolute atomic E-state index is 0.103. The van der Waals surface area contributed by atoms with Gasteiger partial charge in [0.15, 0.2) is 5.78 Å². The van der Waals surface area contributed by atoms with Gasteiger partial charge in [-0.05, 0) is 38.2 Å². The zero-order valence-corrected chi connectivity index (χ0v) is 11.2. The molecule has 0 unspecified atom stereocenters. The fourth-order valence-electron chi connectivity index (χ4n) is 2.59. The predicted molar refractivity (Wildman–Crippen MR) is 66.4 cm³/mol. The third-order valence-corrected chi connectivity index (χ3v) is 3.13. The second-order valence-electron chi connectivity index (χ2n) is 5.18. The summed E-state index contributed by atoms with van der Waals surface area (Å²) in [5.74, 6) is 0.310. The molecule has 0 aliphatic heterocycles. The van der Waals surface area contributed by atoms with Crippen molar-refractivity contribution in [2.75, 3.05) is 6.61 Å². The molecule has 1 aliphatic carbocycles. The molecule has 0 spiro atoms. The summed E-state index contributed by atoms with van der Waals surface area (Å²) >= 11 is 0. The number of esters is 1. The van der Waals surface area contributed by atoms with Gasteiger partial charge in [-0.1, -0.05) is 19.4 Å². The van der Waals surface area contributed by atoms with Gasteiger partial charge in [-0.15, -0.1) is 0 Å². The predicted octanol–water partition coefficient (Wildman–Crippen LogP) is 2.75. The first-order valence-corrected chi connectivity index (χ1v) is 6.33. The molecule has 0 amide bonds. The van der Waals surface area contributed by atoms with E-state index in [1.165, 1.54) is 0 Å². The molecule has 17 heavy (non-hydrogen) atoms. The first kappa shape index (κ1) is 13.9. The minimum Gasteiger partial charge on any atom is -0.466 e. The molecule has 0 N–H and O–H groups in total. The number of hydrogen-bond donors (Lipinski definition) is 0. The van der Waals surface area contributed by atoms with Gasteiger partial charge in [-0.3, -0.25) is 9.59 Å². The maximum absolute atomic E-state index is 11.9. The van der Waals surface area contributed by atoms with E-state index in [0.29, 0.717) is 18.9 Å². The highest BCUT2D eigenvalue weighted by Gasteiger charge is 2.35. The molecule has 1 aliphatic rings. The van der Waals surface area contributed by atoms with Gasteiger partial charge >= 0.3 is 5.97 Å². The summed E-state index contributed by atoms with van der Waals surface area (Å²) in [5.41, 5.74) is 0.852. The summed E-state index contributed by atoms with van der Waals surface area (Å²) in [6, 6.07) is 0. The molecule has 3 heteroatoms. The van der Waals surface area contributed by atoms with Crippen molar-refractivity contribution in [3.05, 3.63) is 11.6 Å². The number of carbonyl (C=O) groups excluding carboxylic acids is 2. The SMILES string of the molecule is CCOC(=O)[C@H]1C(C)=CC(=O)C[C@@H]1CC(C)C. The Morgan fingerprint density at radius 3 is 2.71 bits per heavy atom. The summed E-state index contributed by atoms with van der Waals surface area (Å²) in [5, 5.41) is 0. The van der Waals surface area contributed by atoms with E-state index in [4.69, 9.17) is 4.74 Å². The van der Waals surface area contributed by atoms with Crippen molar-refractivity contribution in [2.24, 2.45) is 17.8 Å². The largest absolute Gasteiger partial charge is 0.466 e. The Morgan fingerprint density at radius 2 is 2.18 bits per heavy atom. The zero-order valence-electron chi connectivity index (χ0n) is 11.2. The van der Waals surface area contributed by atoms with Crippen molar-refractivity contribution in [3.63, 3.8) is 0 Å². The number of hydrogen-bond acceptors (Lipinski definition) is 3. The number of ketones is 1. The smallest absolute Gasteiger partial charge is 0.313 e. The van der Waals surface area contributed by atoms with Crippen LogP contribution in [0.1, 0.15) is 40.5 Å². The van der Waals surface area contributed by atoms with E-state index in [9.17, 15) is 9.59 Å². The molecule has 0 bridgehead atoms. The fraction of sp³-hybridized carbons (Fsp3) is 0.714. The van der Waals surface area contributed by atoms with Gasteiger partial charge in [-0.2, -0.15) is 0 Å². The van der Waals surface area contributed by atoms with Crippen LogP contribution in [0.15, 0.2) is 11.6 Å². The Morgan fingerprint density at radius 1 is 1.53 bits per heavy atom. The fourth-order valence-corrected chi connectivity index (χ4v) is 2.59. The lowest BCUT2D eigenvalue weighted by Crippen LogP contribution is -2.32. The van der Waals surface area contributed by atoms with Crippen LogP contribution in [0.2, 0.25) is 0 Å². The molecule has 0 aromatic rings. The molecule has 0 aromatic carbocycles. The molecule has 3 nitrogen and oxygen atoms in total. The number of ether oxygens (including phenoxy) is 1. The Labute approximate surface area is 103 Å². The van der Waals surface area contributed by atoms with E-state index < -0.39 is 0 Å². The first-order valence-electron chi connectivity index (χ1n) is 6.33. The summed E-state index contributed by atoms with van der Waals surface area (Å²) in [7, 11) is 0. The molecular formula is C14H22O3. The summed E-state index contributed by atoms with van der Waals surface area (Å²) in [4.78, 5) is 23.5. The molecule has 0 fully saturated rings. The van der Waals surface area contributed by atoms with E-state index in [-0.39, 0.29) is 23.6 Å². The van der Waals surface area contributed by atoms with E-state index >= 15 is 0 Å². The lowest BCUT2D eigenvalue weighted by Gasteiger charge is -2.30. The van der Waals surface area contributed by atoms with Crippen LogP contribution in [0.4, 0.5) is 0 Å². The highest BCUT2D eigenvalue weighted by molar-refractivity contribution is 5.94. The third-order valence-electron chi connectivity index (χ3n) is 3.13. The third kappa shape index (κ3) is 3.69. The molecule has 0 radical (unpaired) electrons. The molecule has 0 saturated carbocycles. The topological polar surface area (TPSA) is 43.4 Å². The Bertz CT molecular complexity index is 328. The average molecular weight is 238 g/mol. The maximum Gasteiger partial charge on any atom is 0.313 e. The van der Waals surface area contributed by atoms with Crippen LogP contribution >= 0.6 is 0 Å². The summed E-state index contributed by atoms with van der Waals surface area (Å²) < 4.78 is 5.11. The standard InChI is InChI=1S/C14H22O3/c1-5-17-14(16)13-10(4)7-12(15)8-11(13)6-9(2)3/h7,9,11,13H,5-6,8H2,1-4H3/t11-,13-/m0/s1. The lowest BCUT2D eigenvalue weighted by atomic mass is 9.75. The maximum atomic E-state index is 11.9. The lowest BCUT2D eigenvalue weighted by molar-refractivity contribution is -0.149. The molecule has 96 valence electrons. The van der Waals surface area contributed by atoms with Crippen LogP contribution < -0.4 is 0 Å². The molecule has 0 heterocycles. The number of allylic oxidation sites excluding steroid dienone is 1. The second kappa shape index (κ2) is 5.99. The molecule has 1 rings (SSSR count). The normalized spacial score (nSPS) is 24.8. The van der Waals surface area contributed by atoms with Crippen LogP contribution in [-0.4, -0.2) is 18.4 Å². The van der Waals surface area contributed by atoms with Crippen LogP contribution in [0.3, 0.4) is 0 Å². The van der Waals surface area contributed by atoms with Crippen LogP contribution in [-0.2, 0) is 14.3 Å². The van der Waals surface area contributed by atoms with Gasteiger partial charge in [0, 0.05) is 6.42 Å². The summed E-state index contributed by atoms with van der Waals surface area (Å²) in [6.45, 7) is 8.28. The van der Waals surface area contributed by atoms with E-state index in [1.54, 1.807) is 6.08 Å². The molecule has 0 aromatic heterocycles. The number of rotatable bonds is 4. The van der Waals surface area contributed by atoms with Crippen LogP contribution in [0.5, 0.6) is 0 Å². The highest BCUT2D eigenvalue weighted by Crippen LogP contribution is 2.34. The van der Waals surface area contributed by atoms with E-state index in [1.807, 2.05) is 13.8 Å². The Balaban J connectivity index is 2.88. The Hall–Kier alpha value is -1.12. The van der Waals surface area contributed by atoms with Gasteiger partial charge in [-0.25, -0.2) is 0 Å². The van der Waals surface area contributed by atoms with Crippen molar-refractivity contribution < 1.29 is 14.3 Å². The van der Waals surface area contributed by atoms with Crippen molar-refractivity contribution >= 4 is 11.8 Å². The van der Waals surface area contributed by atoms with Crippen LogP contribution in [0, 0.1) is 17.8 Å². The number of carbonyl (C=O) groups is 2. The van der Waals surface area contributed by atoms with Crippen molar-refractivity contribution in [3.8, 4) is 0 Å². The molecule has 2 atom stereocenters. The van der Waals surface area contributed by atoms with E-state index in [0.717, 1.165) is 12.0 Å². The van der Waals surface area contributed by atoms with Crippen molar-refractivity contribution in [1.82, 2.24) is 0 Å². The minimum atomic E-state index is -0.227. The van der Waals surface area contributed by atoms with Crippen molar-refractivity contribution in [2.45, 2.75) is 40.5 Å². The van der Waals surface area contributed by atoms with Gasteiger partial charge in [0.1, 0.15) is 0 Å². The van der Waals surface area contributed by atoms with Gasteiger partial charge < -0.3 is 4.74 Å². The molecular weight excluding hydrogens is 216 g/mol. The summed E-state index contributed by atoms with van der Waals surface area (Å²) in [6.07, 6.45) is 2.96. The van der Waals surface area contributed by atoms with Gasteiger partial charge in [0.05, 0.1) is 12.5 Å². The van der Waals surface area contributed by atoms with Crippen LogP contribution in [0.25, 0.3) is 0 Å². The van der Waals surface area contributed by atoms with Gasteiger partial charge in [0.2, 0.25) is 0 Å². The monoisotopic (exact) mass is 238 g/mol. The average Bonchev–Trinajstić information content (AvgIpc) is 2.15. The first-order chi connectivity index (χ1) is 7.95. The zero-order chi connectivity index (χ0) is 13.0. The highest BCUT2D eigenvalue weighted by atomic mass is 16.5. The second-order valence-corrected chi connectivity index (χ2v) is 5.18.